The van der Waals surface area contributed by atoms with Crippen LogP contribution in [-0.4, -0.2) is 49.2 Å². The molecule has 1 aromatic heterocycles. The van der Waals surface area contributed by atoms with Crippen molar-refractivity contribution in [2.24, 2.45) is 9.98 Å². The molecular weight excluding hydrogens is 304 g/mol. The van der Waals surface area contributed by atoms with Gasteiger partial charge in [-0.2, -0.15) is 5.10 Å². The average Bonchev–Trinajstić information content (AvgIpc) is 3.09. The summed E-state index contributed by atoms with van der Waals surface area (Å²) in [6.45, 7) is 9.85. The van der Waals surface area contributed by atoms with Gasteiger partial charge in [0.2, 0.25) is 5.96 Å². The van der Waals surface area contributed by atoms with E-state index in [-0.39, 0.29) is 0 Å². The molecule has 1 saturated heterocycles. The van der Waals surface area contributed by atoms with Gasteiger partial charge in [0.15, 0.2) is 0 Å². The van der Waals surface area contributed by atoms with Crippen molar-refractivity contribution in [3.8, 4) is 0 Å². The highest BCUT2D eigenvalue weighted by molar-refractivity contribution is 5.96. The molecule has 0 radical (unpaired) electrons. The van der Waals surface area contributed by atoms with Crippen molar-refractivity contribution in [1.29, 1.82) is 0 Å². The normalized spacial score (nSPS) is 16.7. The Bertz CT molecular complexity index is 598. The van der Waals surface area contributed by atoms with E-state index < -0.39 is 0 Å². The van der Waals surface area contributed by atoms with Crippen LogP contribution in [0.3, 0.4) is 0 Å². The lowest BCUT2D eigenvalue weighted by atomic mass is 10.1. The van der Waals surface area contributed by atoms with Gasteiger partial charge in [-0.25, -0.2) is 4.99 Å². The predicted octanol–water partition coefficient (Wildman–Crippen LogP) is 2.38. The highest BCUT2D eigenvalue weighted by Crippen LogP contribution is 2.19. The number of allylic oxidation sites excluding steroid dienone is 2. The van der Waals surface area contributed by atoms with Gasteiger partial charge in [-0.1, -0.05) is 12.7 Å². The molecule has 0 atom stereocenters. The number of ether oxygens (including phenoxy) is 1. The van der Waals surface area contributed by atoms with Gasteiger partial charge in [0, 0.05) is 19.2 Å². The second-order valence-corrected chi connectivity index (χ2v) is 5.50. The van der Waals surface area contributed by atoms with Gasteiger partial charge in [-0.15, -0.1) is 0 Å². The lowest BCUT2D eigenvalue weighted by molar-refractivity contribution is 0.279. The number of aromatic nitrogens is 2. The Balaban J connectivity index is 1.91. The van der Waals surface area contributed by atoms with Crippen LogP contribution in [-0.2, 0) is 4.74 Å². The minimum atomic E-state index is 0.451. The van der Waals surface area contributed by atoms with Crippen molar-refractivity contribution in [3.05, 3.63) is 36.9 Å². The molecule has 1 aliphatic rings. The van der Waals surface area contributed by atoms with Crippen molar-refractivity contribution >= 4 is 18.4 Å². The third-order valence-electron chi connectivity index (χ3n) is 3.88. The third kappa shape index (κ3) is 5.34. The second-order valence-electron chi connectivity index (χ2n) is 5.50. The average molecular weight is 330 g/mol. The molecule has 2 N–H and O–H groups in total. The number of guanidine groups is 1. The zero-order valence-corrected chi connectivity index (χ0v) is 14.2. The molecule has 0 bridgehead atoms. The van der Waals surface area contributed by atoms with E-state index in [4.69, 9.17) is 4.74 Å². The number of hydrogen-bond acceptors (Lipinski definition) is 4. The number of nitrogens with one attached hydrogen (secondary N) is 2. The summed E-state index contributed by atoms with van der Waals surface area (Å²) in [5, 5.41) is 11.0. The maximum Gasteiger partial charge on any atom is 0.221 e. The van der Waals surface area contributed by atoms with Crippen LogP contribution in [0.4, 0.5) is 5.69 Å². The maximum atomic E-state index is 5.23. The van der Waals surface area contributed by atoms with E-state index in [1.807, 2.05) is 17.0 Å². The van der Waals surface area contributed by atoms with Crippen LogP contribution in [0.5, 0.6) is 0 Å². The monoisotopic (exact) mass is 330 g/mol. The molecule has 0 amide bonds. The maximum absolute atomic E-state index is 5.23. The lowest BCUT2D eigenvalue weighted by Gasteiger charge is -2.22. The van der Waals surface area contributed by atoms with Gasteiger partial charge in [0.25, 0.3) is 0 Å². The highest BCUT2D eigenvalue weighted by atomic mass is 16.5. The standard InChI is InChI=1S/C17H26N6O/c1-4-5-16(24-3)8-11-20-17(18-2)22-14-12-21-23(13-14)15-6-9-19-10-7-15/h4-5,12-13,15,19H,1-2,6-11H2,3H3,(H,20,22)/b16-5+. The first-order valence-electron chi connectivity index (χ1n) is 8.15. The molecule has 1 fully saturated rings. The molecule has 7 heteroatoms. The van der Waals surface area contributed by atoms with Gasteiger partial charge in [0.05, 0.1) is 30.8 Å². The van der Waals surface area contributed by atoms with Gasteiger partial charge in [-0.05, 0) is 38.7 Å². The molecule has 0 aliphatic carbocycles. The van der Waals surface area contributed by atoms with Crippen molar-refractivity contribution in [3.63, 3.8) is 0 Å². The molecule has 7 nitrogen and oxygen atoms in total. The molecule has 24 heavy (non-hydrogen) atoms. The Morgan fingerprint density at radius 3 is 3.00 bits per heavy atom. The summed E-state index contributed by atoms with van der Waals surface area (Å²) in [5.74, 6) is 1.31. The molecule has 1 aliphatic heterocycles. The summed E-state index contributed by atoms with van der Waals surface area (Å²) in [6, 6.07) is 0.451. The number of anilines is 1. The fourth-order valence-corrected chi connectivity index (χ4v) is 2.59. The summed E-state index contributed by atoms with van der Waals surface area (Å²) in [7, 11) is 1.64. The molecule has 0 aromatic carbocycles. The number of methoxy groups -OCH3 is 1. The van der Waals surface area contributed by atoms with Crippen LogP contribution in [0.25, 0.3) is 0 Å². The van der Waals surface area contributed by atoms with E-state index in [1.54, 1.807) is 19.4 Å². The number of hydrogen-bond donors (Lipinski definition) is 2. The smallest absolute Gasteiger partial charge is 0.221 e. The molecule has 130 valence electrons. The summed E-state index contributed by atoms with van der Waals surface area (Å²) >= 11 is 0. The minimum absolute atomic E-state index is 0.451. The molecule has 0 unspecified atom stereocenters. The van der Waals surface area contributed by atoms with Crippen LogP contribution in [0.2, 0.25) is 0 Å². The van der Waals surface area contributed by atoms with Crippen LogP contribution in [0.15, 0.2) is 46.9 Å². The number of aliphatic imine (C=N–C) groups is 2. The molecule has 2 rings (SSSR count). The Morgan fingerprint density at radius 2 is 2.33 bits per heavy atom. The zero-order valence-electron chi connectivity index (χ0n) is 14.2. The Hall–Kier alpha value is -2.41. The van der Waals surface area contributed by atoms with Crippen molar-refractivity contribution in [1.82, 2.24) is 15.1 Å². The zero-order chi connectivity index (χ0) is 17.2. The van der Waals surface area contributed by atoms with Crippen molar-refractivity contribution < 1.29 is 4.74 Å². The molecule has 0 spiro atoms. The van der Waals surface area contributed by atoms with E-state index in [0.717, 1.165) is 37.4 Å². The SMILES string of the molecule is C=C/C=C(\CC/N=C(\N=C)Nc1cnn(C2CCNCC2)c1)OC. The topological polar surface area (TPSA) is 75.8 Å². The van der Waals surface area contributed by atoms with Crippen LogP contribution >= 0.6 is 0 Å². The summed E-state index contributed by atoms with van der Waals surface area (Å²) in [4.78, 5) is 8.34. The Labute approximate surface area is 143 Å². The molecule has 1 aromatic rings. The van der Waals surface area contributed by atoms with E-state index >= 15 is 0 Å². The van der Waals surface area contributed by atoms with Gasteiger partial charge in [0.1, 0.15) is 0 Å². The number of piperidine rings is 1. The fraction of sp³-hybridized carbons (Fsp3) is 0.471. The number of nitrogens with zero attached hydrogens (tertiary/aromatic N) is 4. The first kappa shape index (κ1) is 17.9. The second kappa shape index (κ2) is 9.67. The minimum Gasteiger partial charge on any atom is -0.501 e. The third-order valence-corrected chi connectivity index (χ3v) is 3.88. The molecule has 0 saturated carbocycles. The largest absolute Gasteiger partial charge is 0.501 e. The highest BCUT2D eigenvalue weighted by Gasteiger charge is 2.15. The van der Waals surface area contributed by atoms with Gasteiger partial charge >= 0.3 is 0 Å². The number of rotatable bonds is 7. The lowest BCUT2D eigenvalue weighted by Crippen LogP contribution is -2.29. The van der Waals surface area contributed by atoms with Crippen molar-refractivity contribution in [2.45, 2.75) is 25.3 Å². The fourth-order valence-electron chi connectivity index (χ4n) is 2.59. The molecular formula is C17H26N6O. The summed E-state index contributed by atoms with van der Waals surface area (Å²) < 4.78 is 7.24. The predicted molar refractivity (Wildman–Crippen MR) is 98.7 cm³/mol. The first-order valence-corrected chi connectivity index (χ1v) is 8.15. The van der Waals surface area contributed by atoms with Crippen molar-refractivity contribution in [2.75, 3.05) is 32.1 Å². The van der Waals surface area contributed by atoms with E-state index in [9.17, 15) is 0 Å². The van der Waals surface area contributed by atoms with E-state index in [1.165, 1.54) is 0 Å². The summed E-state index contributed by atoms with van der Waals surface area (Å²) in [5.41, 5.74) is 0.869. The summed E-state index contributed by atoms with van der Waals surface area (Å²) in [6.07, 6.45) is 10.2. The Morgan fingerprint density at radius 1 is 1.54 bits per heavy atom. The van der Waals surface area contributed by atoms with E-state index in [2.05, 4.69) is 39.0 Å². The van der Waals surface area contributed by atoms with Crippen LogP contribution in [0.1, 0.15) is 25.3 Å². The quantitative estimate of drug-likeness (QED) is 0.348. The van der Waals surface area contributed by atoms with Gasteiger partial charge < -0.3 is 15.4 Å². The van der Waals surface area contributed by atoms with E-state index in [0.29, 0.717) is 25.0 Å². The van der Waals surface area contributed by atoms with Gasteiger partial charge in [-0.3, -0.25) is 9.67 Å². The molecule has 2 heterocycles. The van der Waals surface area contributed by atoms with Crippen LogP contribution < -0.4 is 10.6 Å². The first-order chi connectivity index (χ1) is 11.8. The van der Waals surface area contributed by atoms with Crippen LogP contribution in [0, 0.1) is 0 Å². The Kier molecular flexibility index (Phi) is 7.22.